The first-order valence-corrected chi connectivity index (χ1v) is 11.1. The molecule has 0 aliphatic carbocycles. The number of benzene rings is 1. The van der Waals surface area contributed by atoms with Crippen LogP contribution in [0.5, 0.6) is 5.75 Å². The zero-order chi connectivity index (χ0) is 21.5. The fourth-order valence-electron chi connectivity index (χ4n) is 4.51. The molecule has 0 bridgehead atoms. The molecule has 3 atom stereocenters. The molecule has 2 saturated heterocycles. The molecule has 174 valence electrons. The zero-order valence-corrected chi connectivity index (χ0v) is 21.5. The predicted octanol–water partition coefficient (Wildman–Crippen LogP) is 3.16. The highest BCUT2D eigenvalue weighted by atomic mass is 127. The van der Waals surface area contributed by atoms with Crippen LogP contribution >= 0.6 is 24.0 Å². The first kappa shape index (κ1) is 25.7. The number of hydrogen-bond acceptors (Lipinski definition) is 5. The smallest absolute Gasteiger partial charge is 0.310 e. The number of carbonyl (C=O) groups is 1. The summed E-state index contributed by atoms with van der Waals surface area (Å²) in [6.07, 6.45) is 2.47. The molecule has 0 spiro atoms. The molecule has 31 heavy (non-hydrogen) atoms. The fourth-order valence-corrected chi connectivity index (χ4v) is 4.51. The van der Waals surface area contributed by atoms with E-state index in [0.717, 1.165) is 37.9 Å². The molecule has 2 fully saturated rings. The van der Waals surface area contributed by atoms with Crippen LogP contribution in [0.4, 0.5) is 0 Å². The number of nitrogens with one attached hydrogen (secondary N) is 1. The van der Waals surface area contributed by atoms with Gasteiger partial charge in [0.1, 0.15) is 5.75 Å². The summed E-state index contributed by atoms with van der Waals surface area (Å²) in [5.41, 5.74) is 1.26. The lowest BCUT2D eigenvalue weighted by atomic mass is 9.99. The monoisotopic (exact) mass is 544 g/mol. The Bertz CT molecular complexity index is 722. The number of esters is 1. The maximum absolute atomic E-state index is 12.1. The van der Waals surface area contributed by atoms with Crippen LogP contribution in [0, 0.1) is 11.8 Å². The van der Waals surface area contributed by atoms with Crippen LogP contribution in [-0.2, 0) is 9.53 Å². The topological polar surface area (TPSA) is 66.4 Å². The first-order chi connectivity index (χ1) is 14.6. The average molecular weight is 544 g/mol. The Labute approximate surface area is 203 Å². The highest BCUT2D eigenvalue weighted by Crippen LogP contribution is 2.28. The lowest BCUT2D eigenvalue weighted by Gasteiger charge is -2.28. The van der Waals surface area contributed by atoms with Crippen molar-refractivity contribution in [2.45, 2.75) is 32.7 Å². The van der Waals surface area contributed by atoms with Crippen molar-refractivity contribution in [1.82, 2.24) is 15.1 Å². The number of nitrogens with zero attached hydrogens (tertiary/aromatic N) is 3. The summed E-state index contributed by atoms with van der Waals surface area (Å²) < 4.78 is 10.3. The Morgan fingerprint density at radius 2 is 1.87 bits per heavy atom. The molecule has 0 saturated carbocycles. The molecule has 2 aliphatic heterocycles. The molecule has 7 nitrogen and oxygen atoms in total. The van der Waals surface area contributed by atoms with Gasteiger partial charge in [0.15, 0.2) is 5.96 Å². The molecule has 0 radical (unpaired) electrons. The molecule has 3 rings (SSSR count). The molecule has 0 aromatic heterocycles. The highest BCUT2D eigenvalue weighted by Gasteiger charge is 2.37. The minimum Gasteiger partial charge on any atom is -0.497 e. The van der Waals surface area contributed by atoms with Gasteiger partial charge in [-0.3, -0.25) is 14.7 Å². The molecule has 1 aromatic rings. The van der Waals surface area contributed by atoms with Gasteiger partial charge >= 0.3 is 5.97 Å². The number of ether oxygens (including phenoxy) is 2. The predicted molar refractivity (Wildman–Crippen MR) is 134 cm³/mol. The van der Waals surface area contributed by atoms with Crippen molar-refractivity contribution < 1.29 is 14.3 Å². The number of rotatable bonds is 7. The van der Waals surface area contributed by atoms with Crippen LogP contribution in [0.25, 0.3) is 0 Å². The molecular weight excluding hydrogens is 507 g/mol. The molecule has 0 amide bonds. The summed E-state index contributed by atoms with van der Waals surface area (Å²) in [4.78, 5) is 21.8. The van der Waals surface area contributed by atoms with Gasteiger partial charge in [0.05, 0.1) is 32.7 Å². The quantitative estimate of drug-likeness (QED) is 0.246. The molecule has 8 heteroatoms. The van der Waals surface area contributed by atoms with E-state index < -0.39 is 0 Å². The van der Waals surface area contributed by atoms with E-state index in [2.05, 4.69) is 41.1 Å². The van der Waals surface area contributed by atoms with E-state index in [-0.39, 0.29) is 47.8 Å². The molecule has 3 unspecified atom stereocenters. The Morgan fingerprint density at radius 3 is 2.45 bits per heavy atom. The Kier molecular flexibility index (Phi) is 10.3. The van der Waals surface area contributed by atoms with Gasteiger partial charge < -0.3 is 19.7 Å². The van der Waals surface area contributed by atoms with Crippen LogP contribution in [0.1, 0.15) is 38.3 Å². The van der Waals surface area contributed by atoms with E-state index in [0.29, 0.717) is 13.1 Å². The number of likely N-dealkylation sites (tertiary alicyclic amines) is 2. The maximum Gasteiger partial charge on any atom is 0.310 e. The van der Waals surface area contributed by atoms with Crippen LogP contribution in [0.2, 0.25) is 0 Å². The molecular formula is C23H37IN4O3. The van der Waals surface area contributed by atoms with Gasteiger partial charge in [0.25, 0.3) is 0 Å². The Hall–Kier alpha value is -1.55. The van der Waals surface area contributed by atoms with Gasteiger partial charge in [-0.1, -0.05) is 19.1 Å². The van der Waals surface area contributed by atoms with E-state index in [1.807, 2.05) is 12.1 Å². The lowest BCUT2D eigenvalue weighted by Crippen LogP contribution is -2.41. The second kappa shape index (κ2) is 12.5. The Balaban J connectivity index is 0.00000341. The highest BCUT2D eigenvalue weighted by molar-refractivity contribution is 14.0. The second-order valence-corrected chi connectivity index (χ2v) is 8.24. The third-order valence-corrected chi connectivity index (χ3v) is 6.25. The van der Waals surface area contributed by atoms with Gasteiger partial charge in [0.2, 0.25) is 0 Å². The van der Waals surface area contributed by atoms with E-state index in [4.69, 9.17) is 14.5 Å². The van der Waals surface area contributed by atoms with Crippen LogP contribution in [0.3, 0.4) is 0 Å². The first-order valence-electron chi connectivity index (χ1n) is 11.1. The van der Waals surface area contributed by atoms with E-state index in [9.17, 15) is 4.79 Å². The summed E-state index contributed by atoms with van der Waals surface area (Å²) in [5.74, 6) is 1.77. The van der Waals surface area contributed by atoms with Gasteiger partial charge in [-0.15, -0.1) is 24.0 Å². The summed E-state index contributed by atoms with van der Waals surface area (Å²) in [6, 6.07) is 8.58. The number of guanidine groups is 1. The molecule has 1 aromatic carbocycles. The van der Waals surface area contributed by atoms with Crippen molar-refractivity contribution in [1.29, 1.82) is 0 Å². The number of methoxy groups -OCH3 is 2. The van der Waals surface area contributed by atoms with Gasteiger partial charge in [-0.2, -0.15) is 0 Å². The number of aliphatic imine (C=N–C) groups is 1. The summed E-state index contributed by atoms with van der Waals surface area (Å²) in [6.45, 7) is 9.33. The normalized spacial score (nSPS) is 22.7. The second-order valence-electron chi connectivity index (χ2n) is 8.24. The lowest BCUT2D eigenvalue weighted by molar-refractivity contribution is -0.145. The number of halogens is 1. The fraction of sp³-hybridized carbons (Fsp3) is 0.652. The summed E-state index contributed by atoms with van der Waals surface area (Å²) in [7, 11) is 3.16. The molecule has 1 N–H and O–H groups in total. The minimum atomic E-state index is -0.131. The van der Waals surface area contributed by atoms with Crippen molar-refractivity contribution in [3.8, 4) is 5.75 Å². The largest absolute Gasteiger partial charge is 0.497 e. The van der Waals surface area contributed by atoms with Crippen LogP contribution in [0.15, 0.2) is 29.3 Å². The molecule has 2 heterocycles. The van der Waals surface area contributed by atoms with Crippen molar-refractivity contribution in [3.63, 3.8) is 0 Å². The van der Waals surface area contributed by atoms with Crippen molar-refractivity contribution in [3.05, 3.63) is 29.8 Å². The molecule has 2 aliphatic rings. The van der Waals surface area contributed by atoms with Gasteiger partial charge in [-0.05, 0) is 56.5 Å². The maximum atomic E-state index is 12.1. The number of hydrogen-bond donors (Lipinski definition) is 1. The SMILES string of the molecule is CCNC(=NCC(c1ccc(OC)cc1)N1CCCC1)N1CC(C)C(C(=O)OC)C1.I. The third kappa shape index (κ3) is 6.47. The summed E-state index contributed by atoms with van der Waals surface area (Å²) >= 11 is 0. The van der Waals surface area contributed by atoms with Crippen molar-refractivity contribution >= 4 is 35.9 Å². The summed E-state index contributed by atoms with van der Waals surface area (Å²) in [5, 5.41) is 3.42. The van der Waals surface area contributed by atoms with E-state index >= 15 is 0 Å². The van der Waals surface area contributed by atoms with E-state index in [1.54, 1.807) is 7.11 Å². The van der Waals surface area contributed by atoms with Gasteiger partial charge in [0, 0.05) is 19.6 Å². The minimum absolute atomic E-state index is 0. The Morgan fingerprint density at radius 1 is 1.19 bits per heavy atom. The average Bonchev–Trinajstić information content (AvgIpc) is 3.43. The van der Waals surface area contributed by atoms with Crippen LogP contribution in [-0.4, -0.2) is 75.2 Å². The van der Waals surface area contributed by atoms with Crippen molar-refractivity contribution in [2.75, 3.05) is 53.5 Å². The zero-order valence-electron chi connectivity index (χ0n) is 19.2. The van der Waals surface area contributed by atoms with Crippen molar-refractivity contribution in [2.24, 2.45) is 16.8 Å². The number of carbonyl (C=O) groups excluding carboxylic acids is 1. The van der Waals surface area contributed by atoms with Crippen LogP contribution < -0.4 is 10.1 Å². The standard InChI is InChI=1S/C23H36N4O3.HI/c1-5-24-23(27-15-17(2)20(16-27)22(28)30-4)25-14-21(26-12-6-7-13-26)18-8-10-19(29-3)11-9-18;/h8-11,17,20-21H,5-7,12-16H2,1-4H3,(H,24,25);1H. The third-order valence-electron chi connectivity index (χ3n) is 6.25. The van der Waals surface area contributed by atoms with Gasteiger partial charge in [-0.25, -0.2) is 0 Å². The van der Waals surface area contributed by atoms with E-state index in [1.165, 1.54) is 25.5 Å².